The predicted octanol–water partition coefficient (Wildman–Crippen LogP) is 6.23. The number of nitrogens with two attached hydrogens (primary N) is 1. The van der Waals surface area contributed by atoms with Gasteiger partial charge in [-0.3, -0.25) is 4.79 Å². The first-order valence-electron chi connectivity index (χ1n) is 15.3. The number of anilines is 3. The molecule has 44 heavy (non-hydrogen) atoms. The third kappa shape index (κ3) is 7.45. The molecule has 0 aromatic heterocycles. The van der Waals surface area contributed by atoms with E-state index in [0.29, 0.717) is 32.8 Å². The largest absolute Gasteiger partial charge is 0.378 e. The van der Waals surface area contributed by atoms with Gasteiger partial charge in [-0.05, 0) is 71.0 Å². The molecule has 0 spiro atoms. The number of ether oxygens (including phenoxy) is 1. The Kier molecular flexibility index (Phi) is 9.20. The molecule has 226 valence electrons. The molecule has 1 heterocycles. The number of rotatable bonds is 10. The van der Waals surface area contributed by atoms with Gasteiger partial charge in [0.05, 0.1) is 24.6 Å². The second kappa shape index (κ2) is 13.8. The van der Waals surface area contributed by atoms with Crippen molar-refractivity contribution in [1.29, 1.82) is 0 Å². The van der Waals surface area contributed by atoms with Crippen LogP contribution >= 0.6 is 0 Å². The Morgan fingerprint density at radius 1 is 0.773 bits per heavy atom. The molecule has 1 saturated heterocycles. The van der Waals surface area contributed by atoms with Crippen molar-refractivity contribution in [2.24, 2.45) is 11.7 Å². The van der Waals surface area contributed by atoms with Crippen molar-refractivity contribution in [3.05, 3.63) is 114 Å². The minimum absolute atomic E-state index is 0.124. The lowest BCUT2D eigenvalue weighted by Gasteiger charge is -2.31. The Morgan fingerprint density at radius 3 is 2.18 bits per heavy atom. The van der Waals surface area contributed by atoms with Crippen molar-refractivity contribution in [2.45, 2.75) is 32.5 Å². The molecule has 2 aliphatic rings. The summed E-state index contributed by atoms with van der Waals surface area (Å²) in [5.41, 5.74) is 13.5. The maximum absolute atomic E-state index is 13.3. The molecule has 4 N–H and O–H groups in total. The fourth-order valence-corrected chi connectivity index (χ4v) is 5.65. The third-order valence-corrected chi connectivity index (χ3v) is 8.10. The normalized spacial score (nSPS) is 14.6. The van der Waals surface area contributed by atoms with Gasteiger partial charge in [0.25, 0.3) is 0 Å². The van der Waals surface area contributed by atoms with Crippen molar-refractivity contribution >= 4 is 29.0 Å². The van der Waals surface area contributed by atoms with Crippen LogP contribution in [0.5, 0.6) is 0 Å². The number of hydrogen-bond donors (Lipinski definition) is 3. The van der Waals surface area contributed by atoms with Gasteiger partial charge in [-0.15, -0.1) is 0 Å². The predicted molar refractivity (Wildman–Crippen MR) is 175 cm³/mol. The summed E-state index contributed by atoms with van der Waals surface area (Å²) in [5.74, 6) is 0.332. The summed E-state index contributed by atoms with van der Waals surface area (Å²) < 4.78 is 5.57. The van der Waals surface area contributed by atoms with Crippen LogP contribution in [0, 0.1) is 5.92 Å². The van der Waals surface area contributed by atoms with Gasteiger partial charge in [0.2, 0.25) is 5.91 Å². The van der Waals surface area contributed by atoms with Gasteiger partial charge in [0.1, 0.15) is 0 Å². The highest BCUT2D eigenvalue weighted by Crippen LogP contribution is 2.34. The number of nitrogens with one attached hydrogen (secondary N) is 2. The highest BCUT2D eigenvalue weighted by molar-refractivity contribution is 6.02. The fraction of sp³-hybridized carbons (Fsp3) is 0.278. The SMILES string of the molecule is NCc1cccc(CN(Cc2cccc(-c3ccc(N4CCOCC4)c(NC(=O)Nc4ccccc4)c3)c2)C(=O)C2CC2)c1. The molecule has 1 saturated carbocycles. The summed E-state index contributed by atoms with van der Waals surface area (Å²) in [4.78, 5) is 30.6. The summed E-state index contributed by atoms with van der Waals surface area (Å²) in [6.45, 7) is 4.34. The van der Waals surface area contributed by atoms with Gasteiger partial charge in [0, 0.05) is 44.3 Å². The van der Waals surface area contributed by atoms with E-state index in [2.05, 4.69) is 58.0 Å². The van der Waals surface area contributed by atoms with Gasteiger partial charge >= 0.3 is 6.03 Å². The molecule has 0 unspecified atom stereocenters. The van der Waals surface area contributed by atoms with Gasteiger partial charge in [-0.2, -0.15) is 0 Å². The smallest absolute Gasteiger partial charge is 0.323 e. The molecule has 8 nitrogen and oxygen atoms in total. The first-order valence-corrected chi connectivity index (χ1v) is 15.3. The Labute approximate surface area is 258 Å². The van der Waals surface area contributed by atoms with Crippen LogP contribution in [-0.4, -0.2) is 43.1 Å². The Bertz CT molecular complexity index is 1600. The molecular weight excluding hydrogens is 550 g/mol. The molecule has 2 fully saturated rings. The number of para-hydroxylation sites is 1. The highest BCUT2D eigenvalue weighted by atomic mass is 16.5. The number of amides is 3. The standard InChI is InChI=1S/C36H39N5O3/c37-23-26-6-4-7-27(20-26)24-41(35(42)29-12-13-29)25-28-8-5-9-30(21-28)31-14-15-34(40-16-18-44-19-17-40)33(22-31)39-36(43)38-32-10-2-1-3-11-32/h1-11,14-15,20-22,29H,12-13,16-19,23-25,37H2,(H2,38,39,43). The van der Waals surface area contributed by atoms with E-state index in [1.807, 2.05) is 59.5 Å². The molecule has 8 heteroatoms. The van der Waals surface area contributed by atoms with Crippen LogP contribution in [0.3, 0.4) is 0 Å². The number of morpholine rings is 1. The average molecular weight is 590 g/mol. The Hall–Kier alpha value is -4.66. The molecular formula is C36H39N5O3. The van der Waals surface area contributed by atoms with Crippen LogP contribution in [0.2, 0.25) is 0 Å². The zero-order valence-electron chi connectivity index (χ0n) is 24.9. The van der Waals surface area contributed by atoms with E-state index in [4.69, 9.17) is 10.5 Å². The number of carbonyl (C=O) groups is 2. The maximum Gasteiger partial charge on any atom is 0.323 e. The zero-order chi connectivity index (χ0) is 30.3. The summed E-state index contributed by atoms with van der Waals surface area (Å²) in [6.07, 6.45) is 1.92. The summed E-state index contributed by atoms with van der Waals surface area (Å²) >= 11 is 0. The van der Waals surface area contributed by atoms with E-state index in [1.165, 1.54) is 0 Å². The number of nitrogens with zero attached hydrogens (tertiary/aromatic N) is 2. The fourth-order valence-electron chi connectivity index (χ4n) is 5.65. The number of hydrogen-bond acceptors (Lipinski definition) is 5. The minimum atomic E-state index is -0.301. The van der Waals surface area contributed by atoms with Crippen LogP contribution in [0.15, 0.2) is 97.1 Å². The van der Waals surface area contributed by atoms with Crippen molar-refractivity contribution in [2.75, 3.05) is 41.8 Å². The molecule has 3 amide bonds. The summed E-state index contributed by atoms with van der Waals surface area (Å²) in [6, 6.07) is 31.8. The average Bonchev–Trinajstić information content (AvgIpc) is 3.91. The molecule has 6 rings (SSSR count). The monoisotopic (exact) mass is 589 g/mol. The van der Waals surface area contributed by atoms with Crippen molar-refractivity contribution < 1.29 is 14.3 Å². The number of urea groups is 1. The quantitative estimate of drug-likeness (QED) is 0.204. The molecule has 0 bridgehead atoms. The van der Waals surface area contributed by atoms with Crippen LogP contribution in [0.4, 0.5) is 21.9 Å². The summed E-state index contributed by atoms with van der Waals surface area (Å²) in [7, 11) is 0. The van der Waals surface area contributed by atoms with E-state index in [1.54, 1.807) is 0 Å². The van der Waals surface area contributed by atoms with E-state index < -0.39 is 0 Å². The molecule has 1 aliphatic carbocycles. The van der Waals surface area contributed by atoms with Crippen molar-refractivity contribution in [3.8, 4) is 11.1 Å². The first kappa shape index (κ1) is 29.4. The van der Waals surface area contributed by atoms with Gasteiger partial charge in [-0.25, -0.2) is 4.79 Å². The number of carbonyl (C=O) groups excluding carboxylic acids is 2. The number of benzene rings is 4. The van der Waals surface area contributed by atoms with Crippen molar-refractivity contribution in [3.63, 3.8) is 0 Å². The van der Waals surface area contributed by atoms with E-state index in [9.17, 15) is 9.59 Å². The zero-order valence-corrected chi connectivity index (χ0v) is 24.9. The topological polar surface area (TPSA) is 99.9 Å². The third-order valence-electron chi connectivity index (χ3n) is 8.10. The van der Waals surface area contributed by atoms with Crippen LogP contribution < -0.4 is 21.3 Å². The lowest BCUT2D eigenvalue weighted by Crippen LogP contribution is -2.37. The van der Waals surface area contributed by atoms with E-state index >= 15 is 0 Å². The molecule has 1 aliphatic heterocycles. The second-order valence-corrected chi connectivity index (χ2v) is 11.5. The molecule has 4 aromatic rings. The lowest BCUT2D eigenvalue weighted by atomic mass is 10.0. The van der Waals surface area contributed by atoms with Gasteiger partial charge < -0.3 is 30.9 Å². The maximum atomic E-state index is 13.3. The Morgan fingerprint density at radius 2 is 1.45 bits per heavy atom. The molecule has 0 atom stereocenters. The second-order valence-electron chi connectivity index (χ2n) is 11.5. The highest BCUT2D eigenvalue weighted by Gasteiger charge is 2.33. The van der Waals surface area contributed by atoms with E-state index in [-0.39, 0.29) is 17.9 Å². The minimum Gasteiger partial charge on any atom is -0.378 e. The summed E-state index contributed by atoms with van der Waals surface area (Å²) in [5, 5.41) is 6.01. The van der Waals surface area contributed by atoms with E-state index in [0.717, 1.165) is 70.8 Å². The molecule has 0 radical (unpaired) electrons. The van der Waals surface area contributed by atoms with Crippen LogP contribution in [0.1, 0.15) is 29.5 Å². The van der Waals surface area contributed by atoms with Gasteiger partial charge in [-0.1, -0.05) is 66.7 Å². The lowest BCUT2D eigenvalue weighted by molar-refractivity contribution is -0.133. The molecule has 4 aromatic carbocycles. The van der Waals surface area contributed by atoms with Crippen molar-refractivity contribution in [1.82, 2.24) is 4.90 Å². The van der Waals surface area contributed by atoms with Crippen LogP contribution in [0.25, 0.3) is 11.1 Å². The Balaban J connectivity index is 1.25. The first-order chi connectivity index (χ1) is 21.6. The van der Waals surface area contributed by atoms with Crippen LogP contribution in [-0.2, 0) is 29.2 Å². The van der Waals surface area contributed by atoms with Gasteiger partial charge in [0.15, 0.2) is 0 Å².